The number of hydrogen-bond donors (Lipinski definition) is 1. The zero-order chi connectivity index (χ0) is 7.33. The topological polar surface area (TPSA) is 0 Å². The van der Waals surface area contributed by atoms with Gasteiger partial charge in [0.25, 0.3) is 0 Å². The molecule has 0 amide bonds. The van der Waals surface area contributed by atoms with E-state index in [1.807, 2.05) is 6.26 Å². The fourth-order valence-corrected chi connectivity index (χ4v) is 13.5. The largest absolute Gasteiger partial charge is 0.0988 e. The minimum Gasteiger partial charge on any atom is -0.0988 e. The highest BCUT2D eigenvalue weighted by Crippen LogP contribution is 2.46. The summed E-state index contributed by atoms with van der Waals surface area (Å²) in [6.07, 6.45) is 0.698. The standard InChI is InChI=1S/CH4S8/c1-9(3,4)8-7-6-5-2/h2H,1H3. The van der Waals surface area contributed by atoms with E-state index in [1.54, 1.807) is 29.5 Å². The molecule has 56 valence electrons. The van der Waals surface area contributed by atoms with Crippen molar-refractivity contribution in [2.45, 2.75) is 0 Å². The third-order valence-electron chi connectivity index (χ3n) is 0.210. The molecule has 0 fully saturated rings. The summed E-state index contributed by atoms with van der Waals surface area (Å²) in [6, 6.07) is 0. The molecule has 0 aromatic carbocycles. The highest BCUT2D eigenvalue weighted by molar-refractivity contribution is 9.43. The number of hydrogen-bond acceptors (Lipinski definition) is 7. The Bertz CT molecular complexity index is 140. The van der Waals surface area contributed by atoms with E-state index in [9.17, 15) is 0 Å². The maximum absolute atomic E-state index is 4.99. The average Bonchev–Trinajstić information content (AvgIpc) is 1.63. The first kappa shape index (κ1) is 11.5. The molecule has 0 heterocycles. The highest BCUT2D eigenvalue weighted by atomic mass is 33.9. The molecule has 0 atom stereocenters. The molecule has 0 radical (unpaired) electrons. The molecule has 0 unspecified atom stereocenters. The van der Waals surface area contributed by atoms with Gasteiger partial charge in [-0.1, -0.05) is 11.7 Å². The van der Waals surface area contributed by atoms with E-state index in [1.165, 1.54) is 9.83 Å². The molecular weight excluding hydrogens is 269 g/mol. The highest BCUT2D eigenvalue weighted by Gasteiger charge is 1.94. The molecule has 0 aliphatic rings. The summed E-state index contributed by atoms with van der Waals surface area (Å²) in [5.41, 5.74) is 0. The molecule has 0 spiro atoms. The lowest BCUT2D eigenvalue weighted by atomic mass is 12.0. The van der Waals surface area contributed by atoms with Crippen molar-refractivity contribution in [1.29, 1.82) is 0 Å². The summed E-state index contributed by atoms with van der Waals surface area (Å²) in [4.78, 5) is 0. The second kappa shape index (κ2) is 6.10. The SMILES string of the molecule is CS(=S)(=S)SSSSS. The average molecular weight is 273 g/mol. The van der Waals surface area contributed by atoms with Crippen molar-refractivity contribution in [2.24, 2.45) is 0 Å². The maximum Gasteiger partial charge on any atom is 0.000468 e. The van der Waals surface area contributed by atoms with E-state index in [-0.39, 0.29) is 0 Å². The first-order valence-electron chi connectivity index (χ1n) is 1.59. The van der Waals surface area contributed by atoms with Crippen LogP contribution < -0.4 is 0 Å². The molecule has 8 heteroatoms. The van der Waals surface area contributed by atoms with Crippen LogP contribution in [0, 0.1) is 0 Å². The van der Waals surface area contributed by atoms with Gasteiger partial charge in [-0.05, 0) is 67.9 Å². The minimum atomic E-state index is -1.22. The van der Waals surface area contributed by atoms with Crippen molar-refractivity contribution in [3.05, 3.63) is 0 Å². The van der Waals surface area contributed by atoms with Gasteiger partial charge in [0.15, 0.2) is 0 Å². The van der Waals surface area contributed by atoms with Gasteiger partial charge in [-0.3, -0.25) is 0 Å². The molecule has 0 aromatic heterocycles. The molecule has 0 aliphatic carbocycles. The molecule has 0 aliphatic heterocycles. The predicted molar refractivity (Wildman–Crippen MR) is 67.4 cm³/mol. The Kier molecular flexibility index (Phi) is 7.82. The van der Waals surface area contributed by atoms with Gasteiger partial charge >= 0.3 is 0 Å². The van der Waals surface area contributed by atoms with Gasteiger partial charge in [-0.25, -0.2) is 0 Å². The monoisotopic (exact) mass is 272 g/mol. The molecule has 0 N–H and O–H groups in total. The van der Waals surface area contributed by atoms with Crippen LogP contribution in [0.5, 0.6) is 0 Å². The van der Waals surface area contributed by atoms with Crippen LogP contribution in [0.25, 0.3) is 0 Å². The fourth-order valence-electron chi connectivity index (χ4n) is 0.0742. The summed E-state index contributed by atoms with van der Waals surface area (Å²) in [5, 5.41) is 0. The maximum atomic E-state index is 4.99. The Balaban J connectivity index is 3.30. The van der Waals surface area contributed by atoms with Crippen LogP contribution in [0.1, 0.15) is 0 Å². The lowest BCUT2D eigenvalue weighted by Crippen LogP contribution is -1.75. The lowest BCUT2D eigenvalue weighted by molar-refractivity contribution is 2.53. The van der Waals surface area contributed by atoms with Crippen LogP contribution in [0.15, 0.2) is 0 Å². The molecular formula is CH4S8. The smallest absolute Gasteiger partial charge is 0.000468 e. The summed E-state index contributed by atoms with van der Waals surface area (Å²) in [7, 11) is 6.19. The summed E-state index contributed by atoms with van der Waals surface area (Å²) >= 11 is 13.9. The Morgan fingerprint density at radius 2 is 1.89 bits per heavy atom. The van der Waals surface area contributed by atoms with Crippen molar-refractivity contribution in [3.63, 3.8) is 0 Å². The van der Waals surface area contributed by atoms with Gasteiger partial charge < -0.3 is 0 Å². The van der Waals surface area contributed by atoms with Crippen molar-refractivity contribution in [2.75, 3.05) is 6.26 Å². The molecule has 0 nitrogen and oxygen atoms in total. The number of rotatable bonds is 4. The van der Waals surface area contributed by atoms with E-state index < -0.39 is 6.18 Å². The van der Waals surface area contributed by atoms with Crippen molar-refractivity contribution >= 4 is 79.5 Å². The Labute approximate surface area is 84.7 Å². The summed E-state index contributed by atoms with van der Waals surface area (Å²) < 4.78 is 0. The van der Waals surface area contributed by atoms with E-state index in [0.29, 0.717) is 0 Å². The van der Waals surface area contributed by atoms with Gasteiger partial charge in [-0.2, -0.15) is 0 Å². The lowest BCUT2D eigenvalue weighted by Gasteiger charge is -1.96. The second-order valence-electron chi connectivity index (χ2n) is 0.983. The van der Waals surface area contributed by atoms with Gasteiger partial charge in [-0.15, -0.1) is 0 Å². The van der Waals surface area contributed by atoms with Crippen molar-refractivity contribution in [1.82, 2.24) is 0 Å². The first-order valence-corrected chi connectivity index (χ1v) is 11.9. The van der Waals surface area contributed by atoms with Gasteiger partial charge in [0.1, 0.15) is 0 Å². The Morgan fingerprint density at radius 1 is 1.33 bits per heavy atom. The molecule has 9 heavy (non-hydrogen) atoms. The molecule has 0 aromatic rings. The van der Waals surface area contributed by atoms with Crippen LogP contribution in [0.3, 0.4) is 0 Å². The quantitative estimate of drug-likeness (QED) is 0.471. The molecule has 0 saturated carbocycles. The van der Waals surface area contributed by atoms with Gasteiger partial charge in [0, 0.05) is 6.26 Å². The number of thiol groups is 1. The van der Waals surface area contributed by atoms with Crippen LogP contribution in [-0.4, -0.2) is 6.26 Å². The minimum absolute atomic E-state index is 1.22. The Hall–Kier alpha value is 2.54. The summed E-state index contributed by atoms with van der Waals surface area (Å²) in [5.74, 6) is 0. The van der Waals surface area contributed by atoms with Gasteiger partial charge in [0.2, 0.25) is 0 Å². The molecule has 0 rings (SSSR count). The van der Waals surface area contributed by atoms with Crippen LogP contribution in [-0.2, 0) is 28.6 Å². The van der Waals surface area contributed by atoms with Crippen LogP contribution >= 0.6 is 51.0 Å². The fraction of sp³-hybridized carbons (Fsp3) is 1.00. The Morgan fingerprint density at radius 3 is 2.22 bits per heavy atom. The van der Waals surface area contributed by atoms with E-state index in [0.717, 1.165) is 0 Å². The van der Waals surface area contributed by atoms with Gasteiger partial charge in [0.05, 0.1) is 0 Å². The third kappa shape index (κ3) is 10.5. The zero-order valence-corrected chi connectivity index (χ0v) is 10.9. The van der Waals surface area contributed by atoms with E-state index >= 15 is 0 Å². The van der Waals surface area contributed by atoms with Crippen LogP contribution in [0.2, 0.25) is 0 Å². The summed E-state index contributed by atoms with van der Waals surface area (Å²) in [6.45, 7) is 0. The van der Waals surface area contributed by atoms with Crippen molar-refractivity contribution in [3.8, 4) is 0 Å². The van der Waals surface area contributed by atoms with E-state index in [4.69, 9.17) is 22.4 Å². The molecule has 0 bridgehead atoms. The van der Waals surface area contributed by atoms with Crippen LogP contribution in [0.4, 0.5) is 0 Å². The predicted octanol–water partition coefficient (Wildman–Crippen LogP) is 3.13. The van der Waals surface area contributed by atoms with Crippen molar-refractivity contribution < 1.29 is 0 Å². The second-order valence-corrected chi connectivity index (χ2v) is 17.5. The van der Waals surface area contributed by atoms with E-state index in [2.05, 4.69) is 11.7 Å². The third-order valence-corrected chi connectivity index (χ3v) is 13.3. The first-order chi connectivity index (χ1) is 4.06. The normalized spacial score (nSPS) is 11.8. The zero-order valence-electron chi connectivity index (χ0n) is 4.30. The molecule has 0 saturated heterocycles.